The minimum absolute atomic E-state index is 0.202. The van der Waals surface area contributed by atoms with Crippen LogP contribution in [0.25, 0.3) is 0 Å². The van der Waals surface area contributed by atoms with Crippen molar-refractivity contribution in [1.82, 2.24) is 25.2 Å². The molecule has 0 radical (unpaired) electrons. The fourth-order valence-electron chi connectivity index (χ4n) is 2.33. The van der Waals surface area contributed by atoms with Gasteiger partial charge in [-0.1, -0.05) is 5.16 Å². The Hall–Kier alpha value is -2.51. The second-order valence-electron chi connectivity index (χ2n) is 4.64. The Kier molecular flexibility index (Phi) is 3.05. The van der Waals surface area contributed by atoms with Gasteiger partial charge in [0.05, 0.1) is 0 Å². The van der Waals surface area contributed by atoms with E-state index in [9.17, 15) is 9.59 Å². The number of carbonyl (C=O) groups excluding carboxylic acids is 1. The number of aromatic nitrogens is 4. The number of nitrogens with one attached hydrogen (secondary N) is 1. The molecular weight excluding hydrogens is 262 g/mol. The second kappa shape index (κ2) is 4.87. The third-order valence-corrected chi connectivity index (χ3v) is 3.24. The number of hydrogen-bond donors (Lipinski definition) is 1. The largest absolute Gasteiger partial charge is 0.337 e. The van der Waals surface area contributed by atoms with Gasteiger partial charge in [-0.3, -0.25) is 9.59 Å². The van der Waals surface area contributed by atoms with Crippen molar-refractivity contribution >= 4 is 5.91 Å². The van der Waals surface area contributed by atoms with Gasteiger partial charge in [0.1, 0.15) is 11.7 Å². The summed E-state index contributed by atoms with van der Waals surface area (Å²) in [5.41, 5.74) is -0.139. The summed E-state index contributed by atoms with van der Waals surface area (Å²) in [5, 5.41) is 9.77. The summed E-state index contributed by atoms with van der Waals surface area (Å²) in [7, 11) is 0. The van der Waals surface area contributed by atoms with Gasteiger partial charge in [0.25, 0.3) is 11.5 Å². The molecule has 20 heavy (non-hydrogen) atoms. The normalized spacial score (nSPS) is 18.4. The number of likely N-dealkylation sites (tertiary alicyclic amines) is 1. The molecular formula is C12H13N5O3. The van der Waals surface area contributed by atoms with Gasteiger partial charge in [0.15, 0.2) is 5.82 Å². The first-order chi connectivity index (χ1) is 9.65. The summed E-state index contributed by atoms with van der Waals surface area (Å²) in [5.74, 6) is 0.735. The molecule has 1 unspecified atom stereocenters. The van der Waals surface area contributed by atoms with Crippen LogP contribution in [0.3, 0.4) is 0 Å². The highest BCUT2D eigenvalue weighted by Gasteiger charge is 2.34. The molecule has 1 atom stereocenters. The first-order valence-corrected chi connectivity index (χ1v) is 6.32. The molecule has 0 saturated carbocycles. The third-order valence-electron chi connectivity index (χ3n) is 3.24. The van der Waals surface area contributed by atoms with Crippen molar-refractivity contribution in [3.63, 3.8) is 0 Å². The molecule has 3 rings (SSSR count). The zero-order valence-electron chi connectivity index (χ0n) is 10.9. The van der Waals surface area contributed by atoms with Crippen LogP contribution in [0.5, 0.6) is 0 Å². The summed E-state index contributed by atoms with van der Waals surface area (Å²) in [6.07, 6.45) is 1.64. The zero-order valence-corrected chi connectivity index (χ0v) is 10.9. The maximum absolute atomic E-state index is 12.4. The lowest BCUT2D eigenvalue weighted by Gasteiger charge is -2.21. The molecule has 0 bridgehead atoms. The highest BCUT2D eigenvalue weighted by atomic mass is 16.5. The molecule has 0 aromatic carbocycles. The van der Waals surface area contributed by atoms with Crippen molar-refractivity contribution in [2.45, 2.75) is 25.8 Å². The van der Waals surface area contributed by atoms with Crippen LogP contribution in [0.2, 0.25) is 0 Å². The predicted molar refractivity (Wildman–Crippen MR) is 66.9 cm³/mol. The van der Waals surface area contributed by atoms with Gasteiger partial charge in [0, 0.05) is 12.6 Å². The molecule has 0 aliphatic carbocycles. The molecule has 8 heteroatoms. The van der Waals surface area contributed by atoms with E-state index >= 15 is 0 Å². The van der Waals surface area contributed by atoms with Crippen LogP contribution in [-0.2, 0) is 0 Å². The number of carbonyl (C=O) groups is 1. The van der Waals surface area contributed by atoms with E-state index in [1.165, 1.54) is 12.1 Å². The molecule has 104 valence electrons. The highest BCUT2D eigenvalue weighted by molar-refractivity contribution is 5.92. The van der Waals surface area contributed by atoms with Crippen molar-refractivity contribution in [1.29, 1.82) is 0 Å². The van der Waals surface area contributed by atoms with Crippen LogP contribution in [0.4, 0.5) is 0 Å². The molecule has 2 aromatic heterocycles. The van der Waals surface area contributed by atoms with Crippen molar-refractivity contribution in [2.75, 3.05) is 6.54 Å². The number of amides is 1. The quantitative estimate of drug-likeness (QED) is 0.852. The molecule has 1 fully saturated rings. The van der Waals surface area contributed by atoms with Gasteiger partial charge in [-0.05, 0) is 25.8 Å². The SMILES string of the molecule is Cc1noc(C2CCCN2C(=O)c2ccc(=O)[nH]n2)n1. The molecule has 1 saturated heterocycles. The Morgan fingerprint density at radius 3 is 3.00 bits per heavy atom. The molecule has 0 spiro atoms. The Balaban J connectivity index is 1.86. The third kappa shape index (κ3) is 2.20. The summed E-state index contributed by atoms with van der Waals surface area (Å²) in [6, 6.07) is 2.47. The number of rotatable bonds is 2. The van der Waals surface area contributed by atoms with Gasteiger partial charge in [-0.15, -0.1) is 0 Å². The average Bonchev–Trinajstić information content (AvgIpc) is 3.07. The van der Waals surface area contributed by atoms with Crippen LogP contribution >= 0.6 is 0 Å². The Morgan fingerprint density at radius 1 is 1.50 bits per heavy atom. The fraction of sp³-hybridized carbons (Fsp3) is 0.417. The number of aryl methyl sites for hydroxylation is 1. The molecule has 2 aromatic rings. The van der Waals surface area contributed by atoms with Crippen LogP contribution < -0.4 is 5.56 Å². The van der Waals surface area contributed by atoms with E-state index < -0.39 is 0 Å². The van der Waals surface area contributed by atoms with Crippen LogP contribution in [0, 0.1) is 6.92 Å². The summed E-state index contributed by atoms with van der Waals surface area (Å²) >= 11 is 0. The van der Waals surface area contributed by atoms with Crippen LogP contribution in [0.15, 0.2) is 21.5 Å². The maximum atomic E-state index is 12.4. The van der Waals surface area contributed by atoms with Crippen LogP contribution in [-0.4, -0.2) is 37.7 Å². The number of nitrogens with zero attached hydrogens (tertiary/aromatic N) is 4. The van der Waals surface area contributed by atoms with Gasteiger partial charge in [0.2, 0.25) is 5.89 Å². The van der Waals surface area contributed by atoms with E-state index in [1.54, 1.807) is 11.8 Å². The van der Waals surface area contributed by atoms with E-state index in [0.29, 0.717) is 18.3 Å². The lowest BCUT2D eigenvalue weighted by molar-refractivity contribution is 0.0703. The highest BCUT2D eigenvalue weighted by Crippen LogP contribution is 2.31. The molecule has 1 aliphatic heterocycles. The van der Waals surface area contributed by atoms with Crippen molar-refractivity contribution in [3.8, 4) is 0 Å². The smallest absolute Gasteiger partial charge is 0.274 e. The number of H-pyrrole nitrogens is 1. The number of hydrogen-bond acceptors (Lipinski definition) is 6. The lowest BCUT2D eigenvalue weighted by atomic mass is 10.2. The van der Waals surface area contributed by atoms with E-state index in [4.69, 9.17) is 4.52 Å². The Morgan fingerprint density at radius 2 is 2.35 bits per heavy atom. The number of aromatic amines is 1. The van der Waals surface area contributed by atoms with Crippen molar-refractivity contribution < 1.29 is 9.32 Å². The predicted octanol–water partition coefficient (Wildman–Crippen LogP) is 0.439. The first kappa shape index (κ1) is 12.5. The Bertz CT molecular complexity index is 672. The minimum Gasteiger partial charge on any atom is -0.337 e. The maximum Gasteiger partial charge on any atom is 0.274 e. The monoisotopic (exact) mass is 275 g/mol. The van der Waals surface area contributed by atoms with Crippen molar-refractivity contribution in [3.05, 3.63) is 39.9 Å². The molecule has 1 aliphatic rings. The molecule has 1 N–H and O–H groups in total. The van der Waals surface area contributed by atoms with E-state index in [2.05, 4.69) is 20.3 Å². The van der Waals surface area contributed by atoms with Gasteiger partial charge in [-0.2, -0.15) is 10.1 Å². The second-order valence-corrected chi connectivity index (χ2v) is 4.64. The van der Waals surface area contributed by atoms with E-state index in [1.807, 2.05) is 0 Å². The molecule has 1 amide bonds. The summed E-state index contributed by atoms with van der Waals surface area (Å²) in [6.45, 7) is 2.34. The van der Waals surface area contributed by atoms with E-state index in [-0.39, 0.29) is 23.2 Å². The minimum atomic E-state index is -0.341. The topological polar surface area (TPSA) is 105 Å². The molecule has 8 nitrogen and oxygen atoms in total. The fourth-order valence-corrected chi connectivity index (χ4v) is 2.33. The van der Waals surface area contributed by atoms with Gasteiger partial charge < -0.3 is 9.42 Å². The van der Waals surface area contributed by atoms with Gasteiger partial charge >= 0.3 is 0 Å². The zero-order chi connectivity index (χ0) is 14.1. The van der Waals surface area contributed by atoms with Crippen molar-refractivity contribution in [2.24, 2.45) is 0 Å². The average molecular weight is 275 g/mol. The summed E-state index contributed by atoms with van der Waals surface area (Å²) < 4.78 is 5.15. The van der Waals surface area contributed by atoms with E-state index in [0.717, 1.165) is 12.8 Å². The Labute approximate surface area is 113 Å². The first-order valence-electron chi connectivity index (χ1n) is 6.32. The standard InChI is InChI=1S/C12H13N5O3/c1-7-13-11(20-16-7)9-3-2-6-17(9)12(19)8-4-5-10(18)15-14-8/h4-5,9H,2-3,6H2,1H3,(H,15,18). The molecule has 3 heterocycles. The van der Waals surface area contributed by atoms with Crippen LogP contribution in [0.1, 0.15) is 41.1 Å². The lowest BCUT2D eigenvalue weighted by Crippen LogP contribution is -2.32. The summed E-state index contributed by atoms with van der Waals surface area (Å²) in [4.78, 5) is 29.2. The van der Waals surface area contributed by atoms with Gasteiger partial charge in [-0.25, -0.2) is 5.10 Å².